The number of hydrogen-bond acceptors (Lipinski definition) is 1. The third kappa shape index (κ3) is 4.06. The number of halogens is 7. The minimum atomic E-state index is -4.62. The van der Waals surface area contributed by atoms with Crippen molar-refractivity contribution in [3.8, 4) is 16.9 Å². The molecule has 0 unspecified atom stereocenters. The van der Waals surface area contributed by atoms with E-state index in [1.54, 1.807) is 25.1 Å². The van der Waals surface area contributed by atoms with Crippen molar-refractivity contribution in [1.82, 2.24) is 0 Å². The van der Waals surface area contributed by atoms with Gasteiger partial charge in [0.15, 0.2) is 17.5 Å². The first-order valence-electron chi connectivity index (χ1n) is 8.28. The highest BCUT2D eigenvalue weighted by Gasteiger charge is 2.41. The van der Waals surface area contributed by atoms with Crippen molar-refractivity contribution in [3.05, 3.63) is 88.2 Å². The summed E-state index contributed by atoms with van der Waals surface area (Å²) in [6, 6.07) is 6.75. The van der Waals surface area contributed by atoms with Crippen LogP contribution in [-0.2, 0) is 6.11 Å². The second kappa shape index (κ2) is 7.42. The van der Waals surface area contributed by atoms with E-state index in [0.29, 0.717) is 23.3 Å². The van der Waals surface area contributed by atoms with Crippen molar-refractivity contribution in [3.63, 3.8) is 0 Å². The summed E-state index contributed by atoms with van der Waals surface area (Å²) in [6.45, 7) is 3.52. The van der Waals surface area contributed by atoms with Crippen LogP contribution in [0.5, 0.6) is 5.75 Å². The predicted octanol–water partition coefficient (Wildman–Crippen LogP) is 6.79. The van der Waals surface area contributed by atoms with Crippen LogP contribution in [0.15, 0.2) is 42.5 Å². The Balaban J connectivity index is 2.02. The van der Waals surface area contributed by atoms with E-state index in [0.717, 1.165) is 5.56 Å². The summed E-state index contributed by atoms with van der Waals surface area (Å²) in [4.78, 5) is 0. The first-order valence-corrected chi connectivity index (χ1v) is 8.28. The lowest BCUT2D eigenvalue weighted by Gasteiger charge is -2.20. The highest BCUT2D eigenvalue weighted by atomic mass is 19.3. The molecule has 0 fully saturated rings. The Kier molecular flexibility index (Phi) is 5.30. The highest BCUT2D eigenvalue weighted by Crippen LogP contribution is 2.38. The zero-order valence-corrected chi connectivity index (χ0v) is 15.1. The van der Waals surface area contributed by atoms with Gasteiger partial charge in [0.25, 0.3) is 0 Å². The number of hydrogen-bond donors (Lipinski definition) is 0. The van der Waals surface area contributed by atoms with Crippen LogP contribution in [0, 0.1) is 42.9 Å². The molecule has 0 N–H and O–H groups in total. The van der Waals surface area contributed by atoms with E-state index in [1.807, 2.05) is 6.92 Å². The van der Waals surface area contributed by atoms with E-state index >= 15 is 0 Å². The Morgan fingerprint density at radius 1 is 0.724 bits per heavy atom. The minimum absolute atomic E-state index is 0.0240. The van der Waals surface area contributed by atoms with Gasteiger partial charge in [-0.3, -0.25) is 0 Å². The Morgan fingerprint density at radius 2 is 1.28 bits per heavy atom. The van der Waals surface area contributed by atoms with Gasteiger partial charge in [0.2, 0.25) is 0 Å². The summed E-state index contributed by atoms with van der Waals surface area (Å²) >= 11 is 0. The van der Waals surface area contributed by atoms with Crippen molar-refractivity contribution in [2.45, 2.75) is 20.0 Å². The number of alkyl halides is 2. The van der Waals surface area contributed by atoms with E-state index < -0.39 is 46.5 Å². The standard InChI is InChI=1S/C21H13F7O/c1-10-3-4-14(11(2)5-10)12-6-15(22)19(16(23)7-12)21(27,28)29-13-8-17(24)20(26)18(25)9-13/h3-9H,1-2H3. The van der Waals surface area contributed by atoms with E-state index in [2.05, 4.69) is 4.74 Å². The van der Waals surface area contributed by atoms with Crippen LogP contribution >= 0.6 is 0 Å². The third-order valence-corrected chi connectivity index (χ3v) is 4.23. The Morgan fingerprint density at radius 3 is 1.79 bits per heavy atom. The average Bonchev–Trinajstić information content (AvgIpc) is 2.58. The van der Waals surface area contributed by atoms with Crippen molar-refractivity contribution in [2.75, 3.05) is 0 Å². The molecule has 8 heteroatoms. The maximum Gasteiger partial charge on any atom is 0.432 e. The van der Waals surface area contributed by atoms with Crippen LogP contribution in [0.2, 0.25) is 0 Å². The summed E-state index contributed by atoms with van der Waals surface area (Å²) in [7, 11) is 0. The van der Waals surface area contributed by atoms with Gasteiger partial charge in [-0.15, -0.1) is 0 Å². The number of ether oxygens (including phenoxy) is 1. The van der Waals surface area contributed by atoms with Gasteiger partial charge < -0.3 is 4.74 Å². The second-order valence-electron chi connectivity index (χ2n) is 6.45. The SMILES string of the molecule is Cc1ccc(-c2cc(F)c(C(F)(F)Oc3cc(F)c(F)c(F)c3)c(F)c2)c(C)c1. The fourth-order valence-corrected chi connectivity index (χ4v) is 2.93. The van der Waals surface area contributed by atoms with E-state index in [-0.39, 0.29) is 17.7 Å². The molecule has 0 spiro atoms. The van der Waals surface area contributed by atoms with Gasteiger partial charge >= 0.3 is 6.11 Å². The number of rotatable bonds is 4. The van der Waals surface area contributed by atoms with Crippen LogP contribution in [0.3, 0.4) is 0 Å². The lowest BCUT2D eigenvalue weighted by molar-refractivity contribution is -0.189. The van der Waals surface area contributed by atoms with Gasteiger partial charge in [-0.05, 0) is 42.7 Å². The van der Waals surface area contributed by atoms with Crippen LogP contribution in [0.1, 0.15) is 16.7 Å². The molecule has 0 amide bonds. The van der Waals surface area contributed by atoms with Crippen molar-refractivity contribution >= 4 is 0 Å². The first kappa shape index (κ1) is 20.7. The van der Waals surface area contributed by atoms with Gasteiger partial charge in [-0.2, -0.15) is 8.78 Å². The maximum absolute atomic E-state index is 14.4. The lowest BCUT2D eigenvalue weighted by atomic mass is 9.97. The molecule has 0 saturated heterocycles. The summed E-state index contributed by atoms with van der Waals surface area (Å²) in [6.07, 6.45) is -4.62. The molecule has 0 radical (unpaired) electrons. The quantitative estimate of drug-likeness (QED) is 0.337. The molecule has 0 aliphatic rings. The Labute approximate surface area is 161 Å². The lowest BCUT2D eigenvalue weighted by Crippen LogP contribution is -2.25. The number of benzene rings is 3. The molecule has 3 aromatic rings. The molecule has 1 nitrogen and oxygen atoms in total. The molecule has 3 aromatic carbocycles. The van der Waals surface area contributed by atoms with E-state index in [4.69, 9.17) is 0 Å². The smallest absolute Gasteiger partial charge is 0.429 e. The summed E-state index contributed by atoms with van der Waals surface area (Å²) in [5.41, 5.74) is 0.304. The largest absolute Gasteiger partial charge is 0.432 e. The maximum atomic E-state index is 14.4. The van der Waals surface area contributed by atoms with Gasteiger partial charge in [-0.25, -0.2) is 22.0 Å². The molecule has 0 atom stereocenters. The van der Waals surface area contributed by atoms with Crippen LogP contribution < -0.4 is 4.74 Å². The van der Waals surface area contributed by atoms with Crippen molar-refractivity contribution < 1.29 is 35.5 Å². The molecule has 0 bridgehead atoms. The molecule has 0 aromatic heterocycles. The molecule has 3 rings (SSSR count). The molecule has 152 valence electrons. The van der Waals surface area contributed by atoms with Crippen molar-refractivity contribution in [1.29, 1.82) is 0 Å². The predicted molar refractivity (Wildman–Crippen MR) is 92.1 cm³/mol. The monoisotopic (exact) mass is 414 g/mol. The molecule has 29 heavy (non-hydrogen) atoms. The molecular formula is C21H13F7O. The molecule has 0 heterocycles. The summed E-state index contributed by atoms with van der Waals surface area (Å²) in [5.74, 6) is -9.84. The van der Waals surface area contributed by atoms with Gasteiger partial charge in [-0.1, -0.05) is 23.8 Å². The van der Waals surface area contributed by atoms with Gasteiger partial charge in [0, 0.05) is 12.1 Å². The molecular weight excluding hydrogens is 401 g/mol. The van der Waals surface area contributed by atoms with Crippen LogP contribution in [-0.4, -0.2) is 0 Å². The average molecular weight is 414 g/mol. The molecule has 0 aliphatic carbocycles. The zero-order chi connectivity index (χ0) is 21.5. The van der Waals surface area contributed by atoms with E-state index in [1.165, 1.54) is 0 Å². The Hall–Kier alpha value is -3.03. The summed E-state index contributed by atoms with van der Waals surface area (Å²) in [5, 5.41) is 0. The third-order valence-electron chi connectivity index (χ3n) is 4.23. The molecule has 0 aliphatic heterocycles. The zero-order valence-electron chi connectivity index (χ0n) is 15.1. The van der Waals surface area contributed by atoms with Gasteiger partial charge in [0.05, 0.1) is 0 Å². The topological polar surface area (TPSA) is 9.23 Å². The van der Waals surface area contributed by atoms with Gasteiger partial charge in [0.1, 0.15) is 22.9 Å². The fraction of sp³-hybridized carbons (Fsp3) is 0.143. The fourth-order valence-electron chi connectivity index (χ4n) is 2.93. The normalized spacial score (nSPS) is 11.6. The molecule has 0 saturated carbocycles. The second-order valence-corrected chi connectivity index (χ2v) is 6.45. The Bertz CT molecular complexity index is 1050. The summed E-state index contributed by atoms with van der Waals surface area (Å²) < 4.78 is 101. The van der Waals surface area contributed by atoms with Crippen LogP contribution in [0.25, 0.3) is 11.1 Å². The van der Waals surface area contributed by atoms with E-state index in [9.17, 15) is 30.7 Å². The van der Waals surface area contributed by atoms with Crippen molar-refractivity contribution in [2.24, 2.45) is 0 Å². The number of aryl methyl sites for hydroxylation is 2. The first-order chi connectivity index (χ1) is 13.5. The minimum Gasteiger partial charge on any atom is -0.429 e. The highest BCUT2D eigenvalue weighted by molar-refractivity contribution is 5.68. The van der Waals surface area contributed by atoms with Crippen LogP contribution in [0.4, 0.5) is 30.7 Å².